The van der Waals surface area contributed by atoms with Crippen LogP contribution in [0.3, 0.4) is 0 Å². The molecule has 6 heteroatoms. The maximum Gasteiger partial charge on any atom is 0.229 e. The highest BCUT2D eigenvalue weighted by Crippen LogP contribution is 2.23. The van der Waals surface area contributed by atoms with Crippen LogP contribution in [0.5, 0.6) is 0 Å². The van der Waals surface area contributed by atoms with Crippen LogP contribution in [-0.4, -0.2) is 16.2 Å². The fourth-order valence-corrected chi connectivity index (χ4v) is 2.93. The lowest BCUT2D eigenvalue weighted by atomic mass is 10.1. The number of rotatable bonds is 6. The first-order valence-electron chi connectivity index (χ1n) is 9.48. The van der Waals surface area contributed by atoms with E-state index in [9.17, 15) is 0 Å². The van der Waals surface area contributed by atoms with E-state index >= 15 is 0 Å². The molecule has 4 rings (SSSR count). The maximum atomic E-state index is 5.98. The number of benzene rings is 3. The van der Waals surface area contributed by atoms with E-state index in [4.69, 9.17) is 11.6 Å². The van der Waals surface area contributed by atoms with Gasteiger partial charge in [-0.25, -0.2) is 4.98 Å². The fourth-order valence-electron chi connectivity index (χ4n) is 2.80. The highest BCUT2D eigenvalue weighted by molar-refractivity contribution is 6.30. The summed E-state index contributed by atoms with van der Waals surface area (Å²) in [6.07, 6.45) is 1.76. The summed E-state index contributed by atoms with van der Waals surface area (Å²) in [7, 11) is 0. The molecule has 148 valence electrons. The second-order valence-corrected chi connectivity index (χ2v) is 7.18. The number of nitrogens with one attached hydrogen (secondary N) is 2. The number of hydrogen-bond acceptors (Lipinski definition) is 5. The van der Waals surface area contributed by atoms with Gasteiger partial charge in [-0.2, -0.15) is 10.1 Å². The zero-order chi connectivity index (χ0) is 20.8. The van der Waals surface area contributed by atoms with Gasteiger partial charge in [-0.15, -0.1) is 0 Å². The molecule has 0 fully saturated rings. The van der Waals surface area contributed by atoms with Crippen LogP contribution in [0, 0.1) is 6.92 Å². The van der Waals surface area contributed by atoms with Crippen molar-refractivity contribution in [1.82, 2.24) is 9.97 Å². The van der Waals surface area contributed by atoms with Crippen molar-refractivity contribution in [3.05, 3.63) is 101 Å². The summed E-state index contributed by atoms with van der Waals surface area (Å²) in [5, 5.41) is 8.22. The van der Waals surface area contributed by atoms with Gasteiger partial charge in [0.25, 0.3) is 0 Å². The number of nitrogens with zero attached hydrogens (tertiary/aromatic N) is 3. The average Bonchev–Trinajstić information content (AvgIpc) is 2.77. The monoisotopic (exact) mass is 413 g/mol. The SMILES string of the molecule is Cc1ccc(/C=N/Nc2cc(-c3ccccc3)nc(Nc3ccc(Cl)cc3)n2)cc1. The van der Waals surface area contributed by atoms with Crippen LogP contribution in [-0.2, 0) is 0 Å². The Hall–Kier alpha value is -3.70. The number of hydrazone groups is 1. The van der Waals surface area contributed by atoms with E-state index in [2.05, 4.69) is 32.7 Å². The predicted molar refractivity (Wildman–Crippen MR) is 125 cm³/mol. The van der Waals surface area contributed by atoms with Crippen molar-refractivity contribution in [2.24, 2.45) is 5.10 Å². The molecule has 2 N–H and O–H groups in total. The van der Waals surface area contributed by atoms with Gasteiger partial charge in [-0.1, -0.05) is 71.8 Å². The molecule has 0 saturated carbocycles. The maximum absolute atomic E-state index is 5.98. The Morgan fingerprint density at radius 2 is 1.60 bits per heavy atom. The molecule has 3 aromatic carbocycles. The van der Waals surface area contributed by atoms with Gasteiger partial charge in [0.2, 0.25) is 5.95 Å². The second-order valence-electron chi connectivity index (χ2n) is 6.74. The Balaban J connectivity index is 1.61. The smallest absolute Gasteiger partial charge is 0.229 e. The van der Waals surface area contributed by atoms with E-state index in [1.54, 1.807) is 6.21 Å². The molecule has 1 aromatic heterocycles. The van der Waals surface area contributed by atoms with Crippen LogP contribution in [0.1, 0.15) is 11.1 Å². The first kappa shape index (κ1) is 19.6. The van der Waals surface area contributed by atoms with Gasteiger partial charge < -0.3 is 5.32 Å². The van der Waals surface area contributed by atoms with Gasteiger partial charge in [0.1, 0.15) is 0 Å². The molecule has 1 heterocycles. The van der Waals surface area contributed by atoms with Gasteiger partial charge in [0, 0.05) is 22.3 Å². The van der Waals surface area contributed by atoms with Gasteiger partial charge in [-0.3, -0.25) is 5.43 Å². The lowest BCUT2D eigenvalue weighted by Gasteiger charge is -2.10. The second kappa shape index (κ2) is 9.20. The van der Waals surface area contributed by atoms with Gasteiger partial charge >= 0.3 is 0 Å². The fraction of sp³-hybridized carbons (Fsp3) is 0.0417. The predicted octanol–water partition coefficient (Wildman–Crippen LogP) is 6.30. The Morgan fingerprint density at radius 1 is 0.867 bits per heavy atom. The number of halogens is 1. The minimum atomic E-state index is 0.465. The number of anilines is 3. The van der Waals surface area contributed by atoms with Crippen molar-refractivity contribution < 1.29 is 0 Å². The molecule has 5 nitrogen and oxygen atoms in total. The highest BCUT2D eigenvalue weighted by Gasteiger charge is 2.07. The standard InChI is InChI=1S/C24H20ClN5/c1-17-7-9-18(10-8-17)16-26-30-23-15-22(19-5-3-2-4-6-19)28-24(29-23)27-21-13-11-20(25)12-14-21/h2-16H,1H3,(H2,27,28,29,30)/b26-16+. The summed E-state index contributed by atoms with van der Waals surface area (Å²) in [6, 6.07) is 27.3. The van der Waals surface area contributed by atoms with E-state index in [1.165, 1.54) is 5.56 Å². The van der Waals surface area contributed by atoms with Crippen molar-refractivity contribution in [2.75, 3.05) is 10.7 Å². The summed E-state index contributed by atoms with van der Waals surface area (Å²) >= 11 is 5.98. The van der Waals surface area contributed by atoms with Crippen LogP contribution in [0.2, 0.25) is 5.02 Å². The van der Waals surface area contributed by atoms with E-state index in [0.29, 0.717) is 16.8 Å². The van der Waals surface area contributed by atoms with E-state index in [1.807, 2.05) is 84.9 Å². The molecule has 0 unspecified atom stereocenters. The minimum absolute atomic E-state index is 0.465. The van der Waals surface area contributed by atoms with Crippen LogP contribution < -0.4 is 10.7 Å². The van der Waals surface area contributed by atoms with Crippen molar-refractivity contribution in [3.63, 3.8) is 0 Å². The summed E-state index contributed by atoms with van der Waals surface area (Å²) in [6.45, 7) is 2.06. The van der Waals surface area contributed by atoms with Crippen molar-refractivity contribution in [3.8, 4) is 11.3 Å². The minimum Gasteiger partial charge on any atom is -0.324 e. The van der Waals surface area contributed by atoms with E-state index in [-0.39, 0.29) is 0 Å². The number of aromatic nitrogens is 2. The highest BCUT2D eigenvalue weighted by atomic mass is 35.5. The molecule has 0 amide bonds. The van der Waals surface area contributed by atoms with Crippen molar-refractivity contribution in [1.29, 1.82) is 0 Å². The molecule has 0 saturated heterocycles. The van der Waals surface area contributed by atoms with Crippen LogP contribution in [0.4, 0.5) is 17.5 Å². The zero-order valence-corrected chi connectivity index (χ0v) is 17.1. The Bertz CT molecular complexity index is 1140. The van der Waals surface area contributed by atoms with Crippen LogP contribution >= 0.6 is 11.6 Å². The molecule has 0 aliphatic rings. The van der Waals surface area contributed by atoms with E-state index < -0.39 is 0 Å². The molecule has 0 bridgehead atoms. The van der Waals surface area contributed by atoms with E-state index in [0.717, 1.165) is 22.5 Å². The third-order valence-corrected chi connectivity index (χ3v) is 4.62. The third-order valence-electron chi connectivity index (χ3n) is 4.37. The molecule has 0 aliphatic heterocycles. The van der Waals surface area contributed by atoms with Crippen LogP contribution in [0.25, 0.3) is 11.3 Å². The average molecular weight is 414 g/mol. The Kier molecular flexibility index (Phi) is 6.01. The molecule has 0 atom stereocenters. The topological polar surface area (TPSA) is 62.2 Å². The number of aryl methyl sites for hydroxylation is 1. The zero-order valence-electron chi connectivity index (χ0n) is 16.4. The van der Waals surface area contributed by atoms with Crippen LogP contribution in [0.15, 0.2) is 90.0 Å². The lowest BCUT2D eigenvalue weighted by molar-refractivity contribution is 1.14. The lowest BCUT2D eigenvalue weighted by Crippen LogP contribution is -2.02. The summed E-state index contributed by atoms with van der Waals surface area (Å²) in [5.41, 5.74) is 7.85. The molecule has 0 radical (unpaired) electrons. The van der Waals surface area contributed by atoms with Crippen molar-refractivity contribution in [2.45, 2.75) is 6.92 Å². The Labute approximate surface area is 180 Å². The molecule has 4 aromatic rings. The quantitative estimate of drug-likeness (QED) is 0.288. The number of hydrogen-bond donors (Lipinski definition) is 2. The molecular formula is C24H20ClN5. The largest absolute Gasteiger partial charge is 0.324 e. The van der Waals surface area contributed by atoms with Gasteiger partial charge in [0.05, 0.1) is 11.9 Å². The Morgan fingerprint density at radius 3 is 2.33 bits per heavy atom. The van der Waals surface area contributed by atoms with Gasteiger partial charge in [-0.05, 0) is 36.8 Å². The summed E-state index contributed by atoms with van der Waals surface area (Å²) < 4.78 is 0. The van der Waals surface area contributed by atoms with Crippen molar-refractivity contribution >= 4 is 35.3 Å². The van der Waals surface area contributed by atoms with Gasteiger partial charge in [0.15, 0.2) is 5.82 Å². The first-order valence-corrected chi connectivity index (χ1v) is 9.86. The summed E-state index contributed by atoms with van der Waals surface area (Å²) in [4.78, 5) is 9.19. The summed E-state index contributed by atoms with van der Waals surface area (Å²) in [5.74, 6) is 1.05. The third kappa shape index (κ3) is 5.21. The molecular weight excluding hydrogens is 394 g/mol. The molecule has 0 spiro atoms. The normalized spacial score (nSPS) is 10.9. The molecule has 0 aliphatic carbocycles. The molecule has 30 heavy (non-hydrogen) atoms. The first-order chi connectivity index (χ1) is 14.7.